The van der Waals surface area contributed by atoms with Gasteiger partial charge in [-0.15, -0.1) is 0 Å². The Kier molecular flexibility index (Phi) is 14.3. The van der Waals surface area contributed by atoms with Crippen LogP contribution in [0, 0.1) is 0 Å². The molecule has 0 amide bonds. The zero-order valence-electron chi connectivity index (χ0n) is 3.41. The summed E-state index contributed by atoms with van der Waals surface area (Å²) in [5.41, 5.74) is 0. The van der Waals surface area contributed by atoms with Gasteiger partial charge in [-0.05, 0) is 0 Å². The van der Waals surface area contributed by atoms with Crippen LogP contribution in [-0.4, -0.2) is 25.2 Å². The predicted octanol–water partition coefficient (Wildman–Crippen LogP) is -1.15. The van der Waals surface area contributed by atoms with E-state index >= 15 is 0 Å². The normalized spacial score (nSPS) is 7.62. The molecule has 0 rings (SSSR count). The van der Waals surface area contributed by atoms with Crippen molar-refractivity contribution in [2.75, 3.05) is 0 Å². The van der Waals surface area contributed by atoms with Gasteiger partial charge in [0.2, 0.25) is 0 Å². The molecule has 0 saturated heterocycles. The van der Waals surface area contributed by atoms with Crippen LogP contribution in [0.25, 0.3) is 0 Å². The maximum atomic E-state index is 8.74. The molecule has 0 aromatic heterocycles. The molecule has 0 bridgehead atoms. The first kappa shape index (κ1) is 15.7. The minimum Gasteiger partial charge on any atom is 0 e. The molecule has 0 unspecified atom stereocenters. The summed E-state index contributed by atoms with van der Waals surface area (Å²) >= 11 is 0. The minimum absolute atomic E-state index is 0. The van der Waals surface area contributed by atoms with E-state index in [1.54, 1.807) is 0 Å². The summed E-state index contributed by atoms with van der Waals surface area (Å²) in [5.74, 6) is 0. The molecule has 8 heteroatoms. The molecule has 0 aliphatic carbocycles. The summed E-state index contributed by atoms with van der Waals surface area (Å²) in [6, 6.07) is 0. The summed E-state index contributed by atoms with van der Waals surface area (Å²) in [6.07, 6.45) is 0. The van der Waals surface area contributed by atoms with Crippen molar-refractivity contribution in [1.82, 2.24) is 0 Å². The van der Waals surface area contributed by atoms with Crippen molar-refractivity contribution in [3.8, 4) is 0 Å². The van der Waals surface area contributed by atoms with Gasteiger partial charge in [-0.3, -0.25) is 9.11 Å². The molecule has 0 aromatic rings. The van der Waals surface area contributed by atoms with Gasteiger partial charge in [0.1, 0.15) is 0 Å². The summed E-state index contributed by atoms with van der Waals surface area (Å²) in [5, 5.41) is 0. The van der Waals surface area contributed by atoms with E-state index in [1.165, 1.54) is 0 Å². The standard InChI is InChI=1S/BO.Cu.H2O4S/c1-2;;1-5(2,3)4/h;;(H2,1,2,3,4). The summed E-state index contributed by atoms with van der Waals surface area (Å²) < 4.78 is 39.3. The Hall–Kier alpha value is 0.254. The van der Waals surface area contributed by atoms with Gasteiger partial charge < -0.3 is 0 Å². The Morgan fingerprint density at radius 1 is 1.12 bits per heavy atom. The molecule has 0 spiro atoms. The Balaban J connectivity index is -0.0000000750. The van der Waals surface area contributed by atoms with E-state index in [2.05, 4.69) is 7.72 Å². The maximum absolute atomic E-state index is 8.74. The van der Waals surface area contributed by atoms with Crippen molar-refractivity contribution in [3.63, 3.8) is 0 Å². The first-order valence-corrected chi connectivity index (χ1v) is 2.33. The maximum Gasteiger partial charge on any atom is 0 e. The van der Waals surface area contributed by atoms with Gasteiger partial charge in [0, 0.05) is 17.1 Å². The van der Waals surface area contributed by atoms with Crippen molar-refractivity contribution < 1.29 is 39.3 Å². The SMILES string of the molecule is O=S(=O)(O)O.[B]=O.[Cu]. The molecule has 0 saturated carbocycles. The molecule has 0 aliphatic rings. The predicted molar refractivity (Wildman–Crippen MR) is 20.6 cm³/mol. The quantitative estimate of drug-likeness (QED) is 0.370. The largest absolute Gasteiger partial charge is 0 e. The number of rotatable bonds is 0. The molecule has 5 nitrogen and oxygen atoms in total. The zero-order chi connectivity index (χ0) is 6.50. The van der Waals surface area contributed by atoms with Crippen LogP contribution in [0.15, 0.2) is 0 Å². The average molecular weight is 188 g/mol. The van der Waals surface area contributed by atoms with Crippen molar-refractivity contribution in [2.45, 2.75) is 0 Å². The topological polar surface area (TPSA) is 91.7 Å². The van der Waals surface area contributed by atoms with Crippen LogP contribution in [0.4, 0.5) is 0 Å². The van der Waals surface area contributed by atoms with E-state index in [-0.39, 0.29) is 17.1 Å². The molecule has 8 heavy (non-hydrogen) atoms. The van der Waals surface area contributed by atoms with E-state index in [0.717, 1.165) is 0 Å². The Labute approximate surface area is 57.9 Å². The third kappa shape index (κ3) is 2670. The molecular formula is H2BCuO5S. The molecule has 0 atom stereocenters. The van der Waals surface area contributed by atoms with Gasteiger partial charge in [-0.2, -0.15) is 8.42 Å². The van der Waals surface area contributed by atoms with E-state index in [9.17, 15) is 0 Å². The van der Waals surface area contributed by atoms with Gasteiger partial charge in [0.15, 0.2) is 0 Å². The Morgan fingerprint density at radius 2 is 1.12 bits per heavy atom. The van der Waals surface area contributed by atoms with Crippen molar-refractivity contribution >= 4 is 18.1 Å². The molecule has 0 aliphatic heterocycles. The van der Waals surface area contributed by atoms with Crippen molar-refractivity contribution in [3.05, 3.63) is 0 Å². The first-order chi connectivity index (χ1) is 3.00. The molecule has 2 radical (unpaired) electrons. The second-order valence-corrected chi connectivity index (χ2v) is 1.34. The second-order valence-electron chi connectivity index (χ2n) is 0.448. The van der Waals surface area contributed by atoms with E-state index in [0.29, 0.717) is 0 Å². The van der Waals surface area contributed by atoms with Gasteiger partial charge in [0.25, 0.3) is 0 Å². The molecule has 0 aromatic carbocycles. The van der Waals surface area contributed by atoms with Crippen LogP contribution in [-0.2, 0) is 32.2 Å². The molecule has 52 valence electrons. The second kappa shape index (κ2) is 7.25. The smallest absolute Gasteiger partial charge is 0 e. The van der Waals surface area contributed by atoms with Crippen LogP contribution in [0.5, 0.6) is 0 Å². The molecule has 0 fully saturated rings. The molecular weight excluding hydrogens is 186 g/mol. The number of hydrogen-bond donors (Lipinski definition) is 2. The zero-order valence-corrected chi connectivity index (χ0v) is 5.16. The summed E-state index contributed by atoms with van der Waals surface area (Å²) in [4.78, 5) is 0. The van der Waals surface area contributed by atoms with Gasteiger partial charge in [0.05, 0.1) is 0 Å². The third-order valence-electron chi connectivity index (χ3n) is 0. The van der Waals surface area contributed by atoms with Gasteiger partial charge >= 0.3 is 22.8 Å². The average Bonchev–Trinajstić information content (AvgIpc) is 1.36. The summed E-state index contributed by atoms with van der Waals surface area (Å²) in [6.45, 7) is 0. The molecule has 2 N–H and O–H groups in total. The summed E-state index contributed by atoms with van der Waals surface area (Å²) in [7, 11) is -1.42. The third-order valence-corrected chi connectivity index (χ3v) is 0. The fourth-order valence-corrected chi connectivity index (χ4v) is 0. The van der Waals surface area contributed by atoms with Crippen LogP contribution in [0.1, 0.15) is 0 Å². The minimum atomic E-state index is -4.67. The Bertz CT molecular complexity index is 106. The number of hydrogen-bond acceptors (Lipinski definition) is 3. The van der Waals surface area contributed by atoms with Crippen LogP contribution in [0.2, 0.25) is 0 Å². The van der Waals surface area contributed by atoms with Crippen molar-refractivity contribution in [1.29, 1.82) is 0 Å². The van der Waals surface area contributed by atoms with Crippen LogP contribution < -0.4 is 0 Å². The van der Waals surface area contributed by atoms with Crippen LogP contribution in [0.3, 0.4) is 0 Å². The fraction of sp³-hybridized carbons (Fsp3) is 0. The van der Waals surface area contributed by atoms with Gasteiger partial charge in [-0.25, -0.2) is 0 Å². The monoisotopic (exact) mass is 188 g/mol. The van der Waals surface area contributed by atoms with Crippen molar-refractivity contribution in [2.24, 2.45) is 0 Å². The fourth-order valence-electron chi connectivity index (χ4n) is 0. The van der Waals surface area contributed by atoms with E-state index < -0.39 is 10.4 Å². The van der Waals surface area contributed by atoms with E-state index in [4.69, 9.17) is 22.2 Å². The Morgan fingerprint density at radius 3 is 1.12 bits per heavy atom. The van der Waals surface area contributed by atoms with E-state index in [1.807, 2.05) is 0 Å². The first-order valence-electron chi connectivity index (χ1n) is 0.934. The molecule has 0 heterocycles. The van der Waals surface area contributed by atoms with Crippen LogP contribution >= 0.6 is 0 Å². The van der Waals surface area contributed by atoms with Gasteiger partial charge in [-0.1, -0.05) is 0 Å².